The van der Waals surface area contributed by atoms with Gasteiger partial charge in [-0.05, 0) is 64.2 Å². The third kappa shape index (κ3) is 6.32. The standard InChI is InChI=1S/C26H26N4O6S/c1-30-15-19-14-21(9-10-22(19)37(34)35)29-26(33)36-12-11-16-5-7-17(8-6-16)23(25(30)32)28-20-4-2-3-18(13-20)24(27)31/h2-10,13-14,23,28H,11-12,15H2,1H3,(H2,27,31)(H,29,33)(H,34,35)/p-1/t23-/m1/s1. The van der Waals surface area contributed by atoms with Crippen LogP contribution in [0.5, 0.6) is 0 Å². The highest BCUT2D eigenvalue weighted by Crippen LogP contribution is 2.26. The van der Waals surface area contributed by atoms with Crippen LogP contribution in [0.2, 0.25) is 0 Å². The molecule has 0 saturated heterocycles. The molecule has 3 amide bonds. The van der Waals surface area contributed by atoms with Gasteiger partial charge in [-0.3, -0.25) is 19.1 Å². The summed E-state index contributed by atoms with van der Waals surface area (Å²) in [6, 6.07) is 17.2. The third-order valence-electron chi connectivity index (χ3n) is 5.91. The Morgan fingerprint density at radius 3 is 2.59 bits per heavy atom. The van der Waals surface area contributed by atoms with Crippen molar-refractivity contribution < 1.29 is 27.9 Å². The molecule has 4 bridgehead atoms. The first-order valence-electron chi connectivity index (χ1n) is 11.4. The summed E-state index contributed by atoms with van der Waals surface area (Å²) >= 11 is -2.56. The van der Waals surface area contributed by atoms with Gasteiger partial charge in [0, 0.05) is 41.8 Å². The maximum Gasteiger partial charge on any atom is 0.411 e. The minimum absolute atomic E-state index is 0.00250. The number of primary amides is 1. The fourth-order valence-electron chi connectivity index (χ4n) is 4.01. The third-order valence-corrected chi connectivity index (χ3v) is 6.67. The Bertz CT molecular complexity index is 1360. The number of hydrogen-bond acceptors (Lipinski definition) is 7. The first kappa shape index (κ1) is 25.9. The summed E-state index contributed by atoms with van der Waals surface area (Å²) in [5.41, 5.74) is 8.42. The van der Waals surface area contributed by atoms with Gasteiger partial charge < -0.3 is 25.2 Å². The van der Waals surface area contributed by atoms with Gasteiger partial charge in [0.25, 0.3) is 0 Å². The van der Waals surface area contributed by atoms with Crippen LogP contribution in [0.3, 0.4) is 0 Å². The molecule has 0 spiro atoms. The van der Waals surface area contributed by atoms with Gasteiger partial charge in [-0.1, -0.05) is 30.3 Å². The molecule has 2 aliphatic rings. The molecule has 10 nitrogen and oxygen atoms in total. The van der Waals surface area contributed by atoms with Gasteiger partial charge in [-0.25, -0.2) is 4.79 Å². The lowest BCUT2D eigenvalue weighted by atomic mass is 10.0. The second-order valence-corrected chi connectivity index (χ2v) is 9.44. The molecule has 0 aromatic heterocycles. The molecule has 2 atom stereocenters. The van der Waals surface area contributed by atoms with Crippen LogP contribution < -0.4 is 16.4 Å². The van der Waals surface area contributed by atoms with E-state index in [1.165, 1.54) is 23.1 Å². The van der Waals surface area contributed by atoms with Crippen molar-refractivity contribution in [1.29, 1.82) is 0 Å². The molecule has 2 heterocycles. The molecular formula is C26H25N4O6S-. The summed E-state index contributed by atoms with van der Waals surface area (Å²) in [4.78, 5) is 39.0. The fourth-order valence-corrected chi connectivity index (χ4v) is 4.52. The number of anilines is 2. The van der Waals surface area contributed by atoms with Gasteiger partial charge in [-0.2, -0.15) is 0 Å². The van der Waals surface area contributed by atoms with E-state index in [0.29, 0.717) is 28.9 Å². The van der Waals surface area contributed by atoms with E-state index < -0.39 is 29.1 Å². The van der Waals surface area contributed by atoms with Gasteiger partial charge >= 0.3 is 6.09 Å². The van der Waals surface area contributed by atoms with Crippen LogP contribution in [-0.2, 0) is 33.6 Å². The molecule has 1 unspecified atom stereocenters. The Morgan fingerprint density at radius 2 is 1.89 bits per heavy atom. The first-order valence-corrected chi connectivity index (χ1v) is 12.4. The van der Waals surface area contributed by atoms with Crippen molar-refractivity contribution in [3.05, 3.63) is 89.0 Å². The quantitative estimate of drug-likeness (QED) is 0.446. The second kappa shape index (κ2) is 11.2. The zero-order chi connectivity index (χ0) is 26.5. The molecule has 0 radical (unpaired) electrons. The summed E-state index contributed by atoms with van der Waals surface area (Å²) in [7, 11) is 1.56. The van der Waals surface area contributed by atoms with E-state index in [1.807, 2.05) is 12.1 Å². The summed E-state index contributed by atoms with van der Waals surface area (Å²) in [6.45, 7) is 0.0776. The number of carbonyl (C=O) groups is 3. The molecule has 0 saturated carbocycles. The van der Waals surface area contributed by atoms with E-state index >= 15 is 0 Å². The Morgan fingerprint density at radius 1 is 1.14 bits per heavy atom. The molecule has 0 fully saturated rings. The monoisotopic (exact) mass is 521 g/mol. The Hall–Kier alpha value is -4.22. The number of ether oxygens (including phenoxy) is 1. The average Bonchev–Trinajstić information content (AvgIpc) is 2.87. The van der Waals surface area contributed by atoms with Gasteiger partial charge in [0.05, 0.1) is 6.61 Å². The van der Waals surface area contributed by atoms with Gasteiger partial charge in [0.15, 0.2) is 0 Å². The van der Waals surface area contributed by atoms with Crippen molar-refractivity contribution in [2.75, 3.05) is 24.3 Å². The van der Waals surface area contributed by atoms with Crippen LogP contribution in [0.25, 0.3) is 0 Å². The highest BCUT2D eigenvalue weighted by atomic mass is 32.2. The lowest BCUT2D eigenvalue weighted by Gasteiger charge is -2.27. The van der Waals surface area contributed by atoms with Gasteiger partial charge in [0.2, 0.25) is 11.8 Å². The summed E-state index contributed by atoms with van der Waals surface area (Å²) in [6.07, 6.45) is -0.211. The summed E-state index contributed by atoms with van der Waals surface area (Å²) < 4.78 is 28.9. The number of rotatable bonds is 4. The zero-order valence-electron chi connectivity index (χ0n) is 19.9. The molecule has 2 aliphatic heterocycles. The summed E-state index contributed by atoms with van der Waals surface area (Å²) in [5.74, 6) is -0.938. The topological polar surface area (TPSA) is 154 Å². The normalized spacial score (nSPS) is 17.0. The van der Waals surface area contributed by atoms with Crippen molar-refractivity contribution in [3.63, 3.8) is 0 Å². The van der Waals surface area contributed by atoms with Gasteiger partial charge in [0.1, 0.15) is 6.04 Å². The molecule has 37 heavy (non-hydrogen) atoms. The predicted octanol–water partition coefficient (Wildman–Crippen LogP) is 2.94. The molecule has 3 aromatic rings. The number of nitrogens with two attached hydrogens (primary N) is 1. The van der Waals surface area contributed by atoms with Crippen molar-refractivity contribution in [3.8, 4) is 0 Å². The van der Waals surface area contributed by atoms with Gasteiger partial charge in [-0.15, -0.1) is 0 Å². The lowest BCUT2D eigenvalue weighted by molar-refractivity contribution is -0.131. The minimum Gasteiger partial charge on any atom is -0.768 e. The maximum absolute atomic E-state index is 13.7. The molecule has 3 aromatic carbocycles. The van der Waals surface area contributed by atoms with Crippen molar-refractivity contribution in [2.45, 2.75) is 23.9 Å². The first-order chi connectivity index (χ1) is 17.7. The number of amides is 3. The van der Waals surface area contributed by atoms with E-state index in [1.54, 1.807) is 43.4 Å². The highest BCUT2D eigenvalue weighted by molar-refractivity contribution is 7.79. The second-order valence-electron chi connectivity index (χ2n) is 8.53. The molecule has 4 N–H and O–H groups in total. The molecule has 0 aliphatic carbocycles. The van der Waals surface area contributed by atoms with Crippen molar-refractivity contribution in [1.82, 2.24) is 4.90 Å². The number of carbonyl (C=O) groups excluding carboxylic acids is 3. The number of nitrogens with zero attached hydrogens (tertiary/aromatic N) is 1. The highest BCUT2D eigenvalue weighted by Gasteiger charge is 2.25. The smallest absolute Gasteiger partial charge is 0.411 e. The van der Waals surface area contributed by atoms with Crippen LogP contribution in [0.15, 0.2) is 71.6 Å². The SMILES string of the molecule is CN1Cc2cc(ccc2S(=O)[O-])NC(=O)OCCc2ccc(cc2)[C@@H](Nc2cccc(C(N)=O)c2)C1=O. The van der Waals surface area contributed by atoms with E-state index in [0.717, 1.165) is 5.56 Å². The largest absolute Gasteiger partial charge is 0.768 e. The van der Waals surface area contributed by atoms with Crippen molar-refractivity contribution in [2.24, 2.45) is 5.73 Å². The maximum atomic E-state index is 13.7. The van der Waals surface area contributed by atoms with E-state index in [2.05, 4.69) is 10.6 Å². The van der Waals surface area contributed by atoms with Crippen LogP contribution in [-0.4, -0.2) is 45.2 Å². The van der Waals surface area contributed by atoms with Crippen molar-refractivity contribution >= 4 is 40.4 Å². The molecule has 192 valence electrons. The van der Waals surface area contributed by atoms with E-state index in [4.69, 9.17) is 10.5 Å². The average molecular weight is 522 g/mol. The number of nitrogens with one attached hydrogen (secondary N) is 2. The number of likely N-dealkylation sites (N-methyl/N-ethyl adjacent to an activating group) is 1. The van der Waals surface area contributed by atoms with Crippen LogP contribution >= 0.6 is 0 Å². The predicted molar refractivity (Wildman–Crippen MR) is 137 cm³/mol. The minimum atomic E-state index is -2.56. The van der Waals surface area contributed by atoms with Crippen LogP contribution in [0, 0.1) is 0 Å². The fraction of sp³-hybridized carbons (Fsp3) is 0.192. The molecule has 5 rings (SSSR count). The Balaban J connectivity index is 1.74. The number of benzene rings is 3. The Labute approximate surface area is 216 Å². The molecular weight excluding hydrogens is 496 g/mol. The zero-order valence-corrected chi connectivity index (χ0v) is 20.7. The molecule has 11 heteroatoms. The van der Waals surface area contributed by atoms with Crippen LogP contribution in [0.4, 0.5) is 16.2 Å². The summed E-state index contributed by atoms with van der Waals surface area (Å²) in [5, 5.41) is 5.77. The van der Waals surface area contributed by atoms with Crippen LogP contribution in [0.1, 0.15) is 33.1 Å². The Kier molecular flexibility index (Phi) is 7.85. The number of hydrogen-bond donors (Lipinski definition) is 3. The number of fused-ring (bicyclic) bond motifs is 9. The lowest BCUT2D eigenvalue weighted by Crippen LogP contribution is -2.35. The van der Waals surface area contributed by atoms with E-state index in [9.17, 15) is 23.1 Å². The van der Waals surface area contributed by atoms with E-state index in [-0.39, 0.29) is 29.5 Å².